The van der Waals surface area contributed by atoms with Gasteiger partial charge in [0.2, 0.25) is 5.91 Å². The third kappa shape index (κ3) is 4.75. The summed E-state index contributed by atoms with van der Waals surface area (Å²) < 4.78 is 25.7. The van der Waals surface area contributed by atoms with Crippen LogP contribution in [0, 0.1) is 0 Å². The lowest BCUT2D eigenvalue weighted by Gasteiger charge is -2.31. The first-order valence-corrected chi connectivity index (χ1v) is 13.7. The molecule has 4 rings (SSSR count). The minimum absolute atomic E-state index is 0.0723. The van der Waals surface area contributed by atoms with Crippen molar-refractivity contribution >= 4 is 44.7 Å². The highest BCUT2D eigenvalue weighted by atomic mass is 35.5. The smallest absolute Gasteiger partial charge is 0.320 e. The fraction of sp³-hybridized carbons (Fsp3) is 0.455. The van der Waals surface area contributed by atoms with E-state index in [0.29, 0.717) is 23.0 Å². The van der Waals surface area contributed by atoms with E-state index in [1.54, 1.807) is 33.5 Å². The maximum atomic E-state index is 13.6. The van der Waals surface area contributed by atoms with Crippen LogP contribution in [0.5, 0.6) is 0 Å². The summed E-state index contributed by atoms with van der Waals surface area (Å²) in [5, 5.41) is 9.78. The molecule has 2 saturated heterocycles. The summed E-state index contributed by atoms with van der Waals surface area (Å²) in [7, 11) is -3.84. The molecule has 0 spiro atoms. The van der Waals surface area contributed by atoms with Gasteiger partial charge in [-0.05, 0) is 49.1 Å². The van der Waals surface area contributed by atoms with Crippen molar-refractivity contribution < 1.29 is 23.2 Å². The summed E-state index contributed by atoms with van der Waals surface area (Å²) in [5.74, 6) is -1.03. The van der Waals surface area contributed by atoms with E-state index in [1.165, 1.54) is 11.3 Å². The van der Waals surface area contributed by atoms with Gasteiger partial charge in [-0.3, -0.25) is 10.0 Å². The van der Waals surface area contributed by atoms with Crippen LogP contribution in [0.15, 0.2) is 36.4 Å². The predicted molar refractivity (Wildman–Crippen MR) is 127 cm³/mol. The van der Waals surface area contributed by atoms with Crippen LogP contribution in [0.25, 0.3) is 10.4 Å². The maximum Gasteiger partial charge on any atom is 0.320 e. The summed E-state index contributed by atoms with van der Waals surface area (Å²) >= 11 is 7.28. The number of likely N-dealkylation sites (tertiary alicyclic amines) is 1. The van der Waals surface area contributed by atoms with Crippen molar-refractivity contribution in [2.24, 2.45) is 0 Å². The summed E-state index contributed by atoms with van der Waals surface area (Å²) in [6, 6.07) is 10.6. The molecular weight excluding hydrogens is 486 g/mol. The van der Waals surface area contributed by atoms with Gasteiger partial charge in [0.1, 0.15) is 4.75 Å². The van der Waals surface area contributed by atoms with E-state index >= 15 is 0 Å². The van der Waals surface area contributed by atoms with E-state index in [2.05, 4.69) is 0 Å². The molecule has 2 aliphatic rings. The largest absolute Gasteiger partial charge is 0.325 e. The van der Waals surface area contributed by atoms with Gasteiger partial charge in [-0.1, -0.05) is 23.7 Å². The summed E-state index contributed by atoms with van der Waals surface area (Å²) in [6.45, 7) is 1.64. The molecule has 0 saturated carbocycles. The second-order valence-corrected chi connectivity index (χ2v) is 12.3. The number of hydrogen-bond acceptors (Lipinski definition) is 6. The van der Waals surface area contributed by atoms with Crippen LogP contribution >= 0.6 is 22.9 Å². The topological polar surface area (TPSA) is 107 Å². The zero-order chi connectivity index (χ0) is 23.6. The van der Waals surface area contributed by atoms with Gasteiger partial charge in [0.15, 0.2) is 9.84 Å². The number of benzene rings is 1. The molecule has 3 heterocycles. The Balaban J connectivity index is 1.70. The number of halogens is 1. The number of nitrogens with zero attached hydrogens (tertiary/aromatic N) is 2. The molecule has 2 N–H and O–H groups in total. The Hall–Kier alpha value is -2.14. The Morgan fingerprint density at radius 2 is 1.70 bits per heavy atom. The van der Waals surface area contributed by atoms with Crippen LogP contribution in [-0.2, 0) is 19.4 Å². The molecule has 178 valence electrons. The van der Waals surface area contributed by atoms with E-state index in [0.717, 1.165) is 23.3 Å². The molecule has 2 fully saturated rings. The monoisotopic (exact) mass is 511 g/mol. The highest BCUT2D eigenvalue weighted by molar-refractivity contribution is 7.92. The number of nitrogens with one attached hydrogen (secondary N) is 1. The molecule has 2 aromatic rings. The van der Waals surface area contributed by atoms with Crippen molar-refractivity contribution in [3.8, 4) is 10.4 Å². The Labute approximate surface area is 202 Å². The van der Waals surface area contributed by atoms with Crippen LogP contribution in [-0.4, -0.2) is 67.3 Å². The molecule has 0 aliphatic carbocycles. The molecule has 2 aliphatic heterocycles. The number of thiophene rings is 1. The number of carbonyl (C=O) groups is 2. The quantitative estimate of drug-likeness (QED) is 0.482. The molecule has 1 atom stereocenters. The average Bonchev–Trinajstić information content (AvgIpc) is 3.48. The van der Waals surface area contributed by atoms with Gasteiger partial charge in [-0.15, -0.1) is 11.3 Å². The Morgan fingerprint density at radius 3 is 2.36 bits per heavy atom. The lowest BCUT2D eigenvalue weighted by atomic mass is 9.97. The fourth-order valence-corrected chi connectivity index (χ4v) is 8.26. The van der Waals surface area contributed by atoms with Gasteiger partial charge in [-0.25, -0.2) is 18.7 Å². The van der Waals surface area contributed by atoms with Crippen LogP contribution < -0.4 is 5.48 Å². The van der Waals surface area contributed by atoms with E-state index in [4.69, 9.17) is 11.6 Å². The molecule has 0 unspecified atom stereocenters. The van der Waals surface area contributed by atoms with Gasteiger partial charge < -0.3 is 9.80 Å². The number of urea groups is 1. The first-order chi connectivity index (χ1) is 15.8. The minimum atomic E-state index is -3.84. The minimum Gasteiger partial charge on any atom is -0.325 e. The molecule has 0 radical (unpaired) electrons. The molecule has 1 aromatic carbocycles. The highest BCUT2D eigenvalue weighted by Gasteiger charge is 2.50. The molecule has 3 amide bonds. The average molecular weight is 512 g/mol. The Kier molecular flexibility index (Phi) is 6.99. The third-order valence-electron chi connectivity index (χ3n) is 6.41. The second-order valence-electron chi connectivity index (χ2n) is 8.41. The van der Waals surface area contributed by atoms with Gasteiger partial charge in [-0.2, -0.15) is 0 Å². The molecule has 33 heavy (non-hydrogen) atoms. The maximum absolute atomic E-state index is 13.6. The molecule has 11 heteroatoms. The van der Waals surface area contributed by atoms with Gasteiger partial charge in [0, 0.05) is 41.0 Å². The predicted octanol–water partition coefficient (Wildman–Crippen LogP) is 3.50. The number of hydrogen-bond donors (Lipinski definition) is 2. The number of carbonyl (C=O) groups excluding carboxylic acids is 2. The van der Waals surface area contributed by atoms with Crippen LogP contribution in [0.2, 0.25) is 5.02 Å². The molecule has 0 bridgehead atoms. The van der Waals surface area contributed by atoms with E-state index in [-0.39, 0.29) is 31.3 Å². The van der Waals surface area contributed by atoms with Crippen LogP contribution in [0.3, 0.4) is 0 Å². The second kappa shape index (κ2) is 9.61. The summed E-state index contributed by atoms with van der Waals surface area (Å²) in [4.78, 5) is 29.9. The normalized spacial score (nSPS) is 22.7. The number of hydroxylamine groups is 1. The van der Waals surface area contributed by atoms with Gasteiger partial charge >= 0.3 is 6.03 Å². The van der Waals surface area contributed by atoms with E-state index < -0.39 is 26.9 Å². The van der Waals surface area contributed by atoms with Crippen molar-refractivity contribution in [3.05, 3.63) is 46.3 Å². The lowest BCUT2D eigenvalue weighted by Crippen LogP contribution is -2.43. The molecular formula is C22H26ClN3O5S2. The number of rotatable bonds is 4. The first-order valence-electron chi connectivity index (χ1n) is 10.8. The van der Waals surface area contributed by atoms with Crippen molar-refractivity contribution in [2.75, 3.05) is 31.9 Å². The standard InChI is InChI=1S/C22H26ClN3O5S2/c23-17-5-3-16(4-6-17)18-7-8-19(32-18)22(15-20(27)24-29)9-12-26(13-14-33(22,30)31)21(28)25-10-1-2-11-25/h3-8,29H,1-2,9-15H2,(H,24,27)/t22-/m0/s1. The summed E-state index contributed by atoms with van der Waals surface area (Å²) in [6.07, 6.45) is 1.55. The lowest BCUT2D eigenvalue weighted by molar-refractivity contribution is -0.129. The van der Waals surface area contributed by atoms with Gasteiger partial charge in [0.05, 0.1) is 12.2 Å². The fourth-order valence-electron chi connectivity index (χ4n) is 4.52. The van der Waals surface area contributed by atoms with Crippen molar-refractivity contribution in [1.29, 1.82) is 0 Å². The van der Waals surface area contributed by atoms with Crippen LogP contribution in [0.1, 0.15) is 30.6 Å². The third-order valence-corrected chi connectivity index (χ3v) is 10.6. The SMILES string of the molecule is O=C(C[C@]1(c2ccc(-c3ccc(Cl)cc3)s2)CCN(C(=O)N2CCCC2)CCS1(=O)=O)NO. The van der Waals surface area contributed by atoms with E-state index in [1.807, 2.05) is 18.2 Å². The number of amides is 3. The van der Waals surface area contributed by atoms with E-state index in [9.17, 15) is 23.2 Å². The summed E-state index contributed by atoms with van der Waals surface area (Å²) in [5.41, 5.74) is 2.47. The van der Waals surface area contributed by atoms with Crippen molar-refractivity contribution in [2.45, 2.75) is 30.4 Å². The highest BCUT2D eigenvalue weighted by Crippen LogP contribution is 2.45. The Morgan fingerprint density at radius 1 is 1.03 bits per heavy atom. The number of sulfone groups is 1. The van der Waals surface area contributed by atoms with Crippen molar-refractivity contribution in [3.63, 3.8) is 0 Å². The molecule has 8 nitrogen and oxygen atoms in total. The zero-order valence-electron chi connectivity index (χ0n) is 18.0. The first kappa shape index (κ1) is 24.0. The van der Waals surface area contributed by atoms with Gasteiger partial charge in [0.25, 0.3) is 0 Å². The molecule has 1 aromatic heterocycles. The van der Waals surface area contributed by atoms with Crippen LogP contribution in [0.4, 0.5) is 4.79 Å². The van der Waals surface area contributed by atoms with Crippen molar-refractivity contribution in [1.82, 2.24) is 15.3 Å². The Bertz CT molecular complexity index is 1130. The zero-order valence-corrected chi connectivity index (χ0v) is 20.4.